The molecule has 0 spiro atoms. The molecule has 4 atom stereocenters. The molecule has 1 N–H and O–H groups in total. The van der Waals surface area contributed by atoms with Crippen molar-refractivity contribution in [2.24, 2.45) is 0 Å². The minimum absolute atomic E-state index is 0.117. The molecule has 2 aliphatic heterocycles. The summed E-state index contributed by atoms with van der Waals surface area (Å²) in [6, 6.07) is 17.2. The van der Waals surface area contributed by atoms with Gasteiger partial charge in [0, 0.05) is 10.1 Å². The highest BCUT2D eigenvalue weighted by molar-refractivity contribution is 14.1. The zero-order valence-corrected chi connectivity index (χ0v) is 24.8. The van der Waals surface area contributed by atoms with Crippen LogP contribution in [-0.2, 0) is 20.8 Å². The fraction of sp³-hybridized carbons (Fsp3) is 0.333. The van der Waals surface area contributed by atoms with E-state index >= 15 is 0 Å². The number of benzene rings is 2. The fourth-order valence-electron chi connectivity index (χ4n) is 4.86. The Morgan fingerprint density at radius 2 is 1.95 bits per heavy atom. The van der Waals surface area contributed by atoms with Crippen molar-refractivity contribution in [3.63, 3.8) is 0 Å². The number of aromatic nitrogens is 4. The maximum Gasteiger partial charge on any atom is 0.338 e. The van der Waals surface area contributed by atoms with Crippen molar-refractivity contribution in [3.8, 4) is 0 Å². The lowest BCUT2D eigenvalue weighted by Gasteiger charge is -2.24. The largest absolute Gasteiger partial charge is 0.461 e. The summed E-state index contributed by atoms with van der Waals surface area (Å²) in [4.78, 5) is 26.2. The monoisotopic (exact) mass is 677 g/mol. The lowest BCUT2D eigenvalue weighted by atomic mass is 10.1. The summed E-state index contributed by atoms with van der Waals surface area (Å²) in [5.74, 6) is -0.593. The molecule has 202 valence electrons. The number of nitrogens with zero attached hydrogens (tertiary/aromatic N) is 4. The van der Waals surface area contributed by atoms with Crippen LogP contribution in [0.15, 0.2) is 60.9 Å². The number of hydrogen-bond acceptors (Lipinski definition) is 9. The van der Waals surface area contributed by atoms with Crippen molar-refractivity contribution in [3.05, 3.63) is 80.9 Å². The van der Waals surface area contributed by atoms with Crippen LogP contribution in [0.4, 0.5) is 5.82 Å². The summed E-state index contributed by atoms with van der Waals surface area (Å²) in [6.07, 6.45) is 1.14. The van der Waals surface area contributed by atoms with Crippen LogP contribution in [0.2, 0.25) is 5.28 Å². The minimum Gasteiger partial charge on any atom is -0.461 e. The predicted octanol–water partition coefficient (Wildman–Crippen LogP) is 5.69. The molecule has 2 aromatic carbocycles. The van der Waals surface area contributed by atoms with Crippen molar-refractivity contribution >= 4 is 68.9 Å². The number of rotatable bonds is 7. The highest BCUT2D eigenvalue weighted by Crippen LogP contribution is 2.51. The molecule has 6 rings (SSSR count). The van der Waals surface area contributed by atoms with Crippen molar-refractivity contribution in [2.75, 3.05) is 11.9 Å². The lowest BCUT2D eigenvalue weighted by molar-refractivity contribution is -0.149. The number of ether oxygens (including phenoxy) is 3. The molecule has 39 heavy (non-hydrogen) atoms. The van der Waals surface area contributed by atoms with Gasteiger partial charge in [0.05, 0.1) is 17.1 Å². The van der Waals surface area contributed by atoms with Crippen molar-refractivity contribution in [2.45, 2.75) is 49.0 Å². The zero-order chi connectivity index (χ0) is 27.1. The Balaban J connectivity index is 1.25. The summed E-state index contributed by atoms with van der Waals surface area (Å²) in [5, 5.41) is 3.10. The van der Waals surface area contributed by atoms with E-state index < -0.39 is 5.79 Å². The molecule has 0 radical (unpaired) electrons. The van der Waals surface area contributed by atoms with E-state index in [1.807, 2.05) is 54.8 Å². The quantitative estimate of drug-likeness (QED) is 0.150. The Labute approximate surface area is 248 Å². The molecule has 2 fully saturated rings. The maximum atomic E-state index is 12.6. The van der Waals surface area contributed by atoms with Gasteiger partial charge in [-0.3, -0.25) is 4.57 Å². The summed E-state index contributed by atoms with van der Waals surface area (Å²) < 4.78 is 21.4. The van der Waals surface area contributed by atoms with Gasteiger partial charge in [-0.1, -0.05) is 30.3 Å². The predicted molar refractivity (Wildman–Crippen MR) is 158 cm³/mol. The molecule has 9 nitrogen and oxygen atoms in total. The van der Waals surface area contributed by atoms with Gasteiger partial charge in [0.15, 0.2) is 22.8 Å². The van der Waals surface area contributed by atoms with Gasteiger partial charge < -0.3 is 19.5 Å². The first-order valence-corrected chi connectivity index (χ1v) is 14.8. The van der Waals surface area contributed by atoms with E-state index in [9.17, 15) is 4.79 Å². The highest BCUT2D eigenvalue weighted by Gasteiger charge is 2.56. The van der Waals surface area contributed by atoms with Crippen LogP contribution in [0.5, 0.6) is 0 Å². The Morgan fingerprint density at radius 3 is 2.74 bits per heavy atom. The highest BCUT2D eigenvalue weighted by atomic mass is 127. The first-order valence-electron chi connectivity index (χ1n) is 12.4. The summed E-state index contributed by atoms with van der Waals surface area (Å²) in [7, 11) is 0. The van der Waals surface area contributed by atoms with E-state index in [0.717, 1.165) is 9.13 Å². The number of hydrogen-bond donors (Lipinski definition) is 1. The molecule has 2 saturated heterocycles. The molecule has 0 aliphatic carbocycles. The Morgan fingerprint density at radius 1 is 1.15 bits per heavy atom. The SMILES string of the molecule is CC1(C)O[C@@H]2[C@H](O1)[C@@H](COC(=O)c1ccccc1)S[C@@H]2n1cnc2c(NCc3cccc(I)c3)nc(Cl)nc21. The number of carbonyl (C=O) groups excluding carboxylic acids is 1. The number of esters is 1. The zero-order valence-electron chi connectivity index (χ0n) is 21.1. The van der Waals surface area contributed by atoms with Gasteiger partial charge in [-0.25, -0.2) is 9.78 Å². The van der Waals surface area contributed by atoms with Crippen LogP contribution in [0.1, 0.15) is 35.1 Å². The third-order valence-electron chi connectivity index (χ3n) is 6.53. The molecular weight excluding hydrogens is 653 g/mol. The molecule has 0 saturated carbocycles. The topological polar surface area (TPSA) is 100 Å². The first-order chi connectivity index (χ1) is 18.8. The lowest BCUT2D eigenvalue weighted by Crippen LogP contribution is -2.32. The van der Waals surface area contributed by atoms with E-state index in [1.54, 1.807) is 30.2 Å². The molecule has 4 aromatic rings. The van der Waals surface area contributed by atoms with Crippen LogP contribution < -0.4 is 5.32 Å². The second-order valence-corrected chi connectivity index (χ2v) is 12.7. The number of nitrogens with one attached hydrogen (secondary N) is 1. The van der Waals surface area contributed by atoms with Crippen LogP contribution in [0, 0.1) is 3.57 Å². The molecular formula is C27H25ClIN5O4S. The standard InChI is InChI=1S/C27H25ClIN5O4S/c1-27(2)37-20-18(13-36-25(35)16-8-4-3-5-9-16)39-24(21(20)38-27)34-14-31-19-22(32-26(28)33-23(19)34)30-12-15-7-6-10-17(29)11-15/h3-11,14,18,20-21,24H,12-13H2,1-2H3,(H,30,32,33)/t18-,20-,21-,24+/m1/s1. The minimum atomic E-state index is -0.779. The van der Waals surface area contributed by atoms with Gasteiger partial charge in [0.25, 0.3) is 0 Å². The van der Waals surface area contributed by atoms with Gasteiger partial charge >= 0.3 is 5.97 Å². The average molecular weight is 678 g/mol. The van der Waals surface area contributed by atoms with Crippen LogP contribution in [-0.4, -0.2) is 55.3 Å². The third-order valence-corrected chi connectivity index (χ3v) is 8.90. The second kappa shape index (κ2) is 10.8. The summed E-state index contributed by atoms with van der Waals surface area (Å²) in [5.41, 5.74) is 2.82. The fourth-order valence-corrected chi connectivity index (χ4v) is 7.16. The average Bonchev–Trinajstić information content (AvgIpc) is 3.57. The van der Waals surface area contributed by atoms with Crippen LogP contribution in [0.3, 0.4) is 0 Å². The number of halogens is 2. The number of imidazole rings is 1. The number of fused-ring (bicyclic) bond motifs is 2. The molecule has 4 heterocycles. The molecule has 0 bridgehead atoms. The maximum absolute atomic E-state index is 12.6. The van der Waals surface area contributed by atoms with E-state index in [0.29, 0.717) is 29.1 Å². The van der Waals surface area contributed by atoms with Crippen LogP contribution >= 0.6 is 46.0 Å². The van der Waals surface area contributed by atoms with Gasteiger partial charge in [-0.2, -0.15) is 9.97 Å². The van der Waals surface area contributed by atoms with Gasteiger partial charge in [-0.05, 0) is 77.9 Å². The summed E-state index contributed by atoms with van der Waals surface area (Å²) in [6.45, 7) is 4.52. The Bertz CT molecular complexity index is 1520. The number of thioether (sulfide) groups is 1. The van der Waals surface area contributed by atoms with Crippen molar-refractivity contribution in [1.82, 2.24) is 19.5 Å². The molecule has 12 heteroatoms. The third kappa shape index (κ3) is 5.60. The second-order valence-electron chi connectivity index (χ2n) is 9.74. The van der Waals surface area contributed by atoms with E-state index in [1.165, 1.54) is 0 Å². The van der Waals surface area contributed by atoms with E-state index in [2.05, 4.69) is 48.9 Å². The van der Waals surface area contributed by atoms with Gasteiger partial charge in [0.2, 0.25) is 5.28 Å². The van der Waals surface area contributed by atoms with E-state index in [-0.39, 0.29) is 40.7 Å². The van der Waals surface area contributed by atoms with Gasteiger partial charge in [0.1, 0.15) is 24.2 Å². The Hall–Kier alpha value is -2.45. The smallest absolute Gasteiger partial charge is 0.338 e. The summed E-state index contributed by atoms with van der Waals surface area (Å²) >= 11 is 10.3. The van der Waals surface area contributed by atoms with Gasteiger partial charge in [-0.15, -0.1) is 11.8 Å². The Kier molecular flexibility index (Phi) is 7.44. The van der Waals surface area contributed by atoms with E-state index in [4.69, 9.17) is 25.8 Å². The molecule has 2 aromatic heterocycles. The molecule has 0 unspecified atom stereocenters. The molecule has 0 amide bonds. The molecule has 2 aliphatic rings. The number of anilines is 1. The van der Waals surface area contributed by atoms with Crippen molar-refractivity contribution in [1.29, 1.82) is 0 Å². The van der Waals surface area contributed by atoms with Crippen molar-refractivity contribution < 1.29 is 19.0 Å². The first kappa shape index (κ1) is 26.8. The van der Waals surface area contributed by atoms with Crippen LogP contribution in [0.25, 0.3) is 11.2 Å². The number of carbonyl (C=O) groups is 1. The normalized spacial score (nSPS) is 23.6.